The molecule has 288 valence electrons. The number of halogens is 1. The molecule has 55 heavy (non-hydrogen) atoms. The standard InChI is InChI=1S/C45H52FN5O4/c1-54-43-24-32(6-13-41(43)46)40-29-55-42-25-37(52)10-12-39(42)44(40)31-4-7-34(8-5-31)49-17-14-30(15-18-49)27-48-19-21-50(22-20-48)35-9-11-38-33(23-35)28-51(45(38)53)36-3-2-16-47-26-36/h4-13,23-25,30,36,40,44,47,52H,2-3,14-22,26-29H2,1H3/t36-,40-,44-/m0/s1. The summed E-state index contributed by atoms with van der Waals surface area (Å²) in [7, 11) is 1.49. The molecule has 4 aromatic carbocycles. The second kappa shape index (κ2) is 15.4. The summed E-state index contributed by atoms with van der Waals surface area (Å²) >= 11 is 0. The summed E-state index contributed by atoms with van der Waals surface area (Å²) < 4.78 is 25.8. The SMILES string of the molecule is COc1cc([C@@H]2COc3cc(O)ccc3[C@@H]2c2ccc(N3CCC(CN4CCN(c5ccc6c(c5)CN([C@H]5CCCNC5)C6=O)CC4)CC3)cc2)ccc1F. The van der Waals surface area contributed by atoms with Gasteiger partial charge in [0, 0.05) is 105 Å². The van der Waals surface area contributed by atoms with Gasteiger partial charge in [-0.2, -0.15) is 0 Å². The number of rotatable bonds is 8. The zero-order valence-electron chi connectivity index (χ0n) is 31.8. The quantitative estimate of drug-likeness (QED) is 0.209. The molecule has 0 spiro atoms. The number of piperazine rings is 1. The highest BCUT2D eigenvalue weighted by molar-refractivity contribution is 5.99. The predicted octanol–water partition coefficient (Wildman–Crippen LogP) is 6.59. The normalized spacial score (nSPS) is 23.3. The smallest absolute Gasteiger partial charge is 0.254 e. The van der Waals surface area contributed by atoms with Gasteiger partial charge in [-0.1, -0.05) is 24.3 Å². The number of anilines is 2. The highest BCUT2D eigenvalue weighted by atomic mass is 19.1. The van der Waals surface area contributed by atoms with Crippen LogP contribution in [0.1, 0.15) is 70.1 Å². The number of nitrogens with one attached hydrogen (secondary N) is 1. The van der Waals surface area contributed by atoms with Gasteiger partial charge in [-0.3, -0.25) is 9.69 Å². The van der Waals surface area contributed by atoms with E-state index in [0.717, 1.165) is 101 Å². The number of phenolic OH excluding ortho intramolecular Hbond substituents is 1. The Kier molecular flexibility index (Phi) is 10.0. The van der Waals surface area contributed by atoms with Crippen LogP contribution in [-0.2, 0) is 6.54 Å². The zero-order valence-corrected chi connectivity index (χ0v) is 31.8. The molecule has 0 saturated carbocycles. The second-order valence-corrected chi connectivity index (χ2v) is 16.1. The first-order chi connectivity index (χ1) is 26.9. The molecular weight excluding hydrogens is 694 g/mol. The van der Waals surface area contributed by atoms with Gasteiger partial charge in [0.05, 0.1) is 13.7 Å². The summed E-state index contributed by atoms with van der Waals surface area (Å²) in [6.45, 7) is 10.5. The third kappa shape index (κ3) is 7.22. The predicted molar refractivity (Wildman–Crippen MR) is 213 cm³/mol. The van der Waals surface area contributed by atoms with Crippen LogP contribution in [0.3, 0.4) is 0 Å². The highest BCUT2D eigenvalue weighted by Crippen LogP contribution is 2.48. The van der Waals surface area contributed by atoms with E-state index in [2.05, 4.69) is 67.4 Å². The number of benzene rings is 4. The molecule has 9 nitrogen and oxygen atoms in total. The number of ether oxygens (including phenoxy) is 2. The van der Waals surface area contributed by atoms with Gasteiger partial charge in [-0.05, 0) is 103 Å². The Bertz CT molecular complexity index is 2000. The number of amides is 1. The fraction of sp³-hybridized carbons (Fsp3) is 0.444. The van der Waals surface area contributed by atoms with E-state index in [1.54, 1.807) is 18.2 Å². The molecule has 3 atom stereocenters. The van der Waals surface area contributed by atoms with Crippen molar-refractivity contribution >= 4 is 17.3 Å². The van der Waals surface area contributed by atoms with Crippen molar-refractivity contribution < 1.29 is 23.8 Å². The van der Waals surface area contributed by atoms with Crippen LogP contribution in [0.5, 0.6) is 17.2 Å². The number of fused-ring (bicyclic) bond motifs is 2. The maximum Gasteiger partial charge on any atom is 0.254 e. The van der Waals surface area contributed by atoms with Gasteiger partial charge in [0.1, 0.15) is 11.5 Å². The molecular formula is C45H52FN5O4. The molecule has 5 heterocycles. The molecule has 3 saturated heterocycles. The van der Waals surface area contributed by atoms with Crippen LogP contribution in [0, 0.1) is 11.7 Å². The lowest BCUT2D eigenvalue weighted by atomic mass is 9.75. The molecule has 0 aliphatic carbocycles. The van der Waals surface area contributed by atoms with Gasteiger partial charge >= 0.3 is 0 Å². The number of piperidine rings is 2. The monoisotopic (exact) mass is 745 g/mol. The van der Waals surface area contributed by atoms with Crippen LogP contribution >= 0.6 is 0 Å². The third-order valence-electron chi connectivity index (χ3n) is 12.9. The molecule has 4 aromatic rings. The number of carbonyl (C=O) groups excluding carboxylic acids is 1. The molecule has 0 radical (unpaired) electrons. The lowest BCUT2D eigenvalue weighted by Crippen LogP contribution is -2.49. The largest absolute Gasteiger partial charge is 0.508 e. The lowest BCUT2D eigenvalue weighted by Gasteiger charge is -2.40. The van der Waals surface area contributed by atoms with Gasteiger partial charge in [-0.25, -0.2) is 4.39 Å². The van der Waals surface area contributed by atoms with Crippen molar-refractivity contribution in [1.29, 1.82) is 0 Å². The van der Waals surface area contributed by atoms with Gasteiger partial charge in [0.2, 0.25) is 0 Å². The van der Waals surface area contributed by atoms with Gasteiger partial charge in [0.15, 0.2) is 11.6 Å². The van der Waals surface area contributed by atoms with Crippen LogP contribution in [0.15, 0.2) is 78.9 Å². The first kappa shape index (κ1) is 35.9. The maximum absolute atomic E-state index is 14.4. The van der Waals surface area contributed by atoms with Crippen LogP contribution in [0.4, 0.5) is 15.8 Å². The van der Waals surface area contributed by atoms with E-state index in [1.807, 2.05) is 12.1 Å². The Labute approximate surface area is 323 Å². The van der Waals surface area contributed by atoms with Crippen molar-refractivity contribution in [3.63, 3.8) is 0 Å². The molecule has 0 unspecified atom stereocenters. The maximum atomic E-state index is 14.4. The molecule has 3 fully saturated rings. The molecule has 5 aliphatic heterocycles. The first-order valence-electron chi connectivity index (χ1n) is 20.2. The van der Waals surface area contributed by atoms with E-state index < -0.39 is 0 Å². The molecule has 0 aromatic heterocycles. The Hall–Kier alpha value is -4.80. The van der Waals surface area contributed by atoms with E-state index in [9.17, 15) is 14.3 Å². The minimum Gasteiger partial charge on any atom is -0.508 e. The summed E-state index contributed by atoms with van der Waals surface area (Å²) in [6.07, 6.45) is 4.58. The fourth-order valence-electron chi connectivity index (χ4n) is 9.75. The van der Waals surface area contributed by atoms with Crippen molar-refractivity contribution in [3.05, 3.63) is 112 Å². The topological polar surface area (TPSA) is 80.8 Å². The van der Waals surface area contributed by atoms with E-state index in [-0.39, 0.29) is 35.1 Å². The Balaban J connectivity index is 0.796. The van der Waals surface area contributed by atoms with E-state index in [4.69, 9.17) is 9.47 Å². The fourth-order valence-corrected chi connectivity index (χ4v) is 9.75. The number of carbonyl (C=O) groups is 1. The number of hydrogen-bond donors (Lipinski definition) is 2. The number of phenols is 1. The lowest BCUT2D eigenvalue weighted by molar-refractivity contribution is 0.0674. The van der Waals surface area contributed by atoms with Crippen LogP contribution < -0.4 is 24.6 Å². The molecule has 2 N–H and O–H groups in total. The number of aromatic hydroxyl groups is 1. The second-order valence-electron chi connectivity index (χ2n) is 16.1. The van der Waals surface area contributed by atoms with Gasteiger partial charge in [0.25, 0.3) is 5.91 Å². The third-order valence-corrected chi connectivity index (χ3v) is 12.9. The van der Waals surface area contributed by atoms with Gasteiger partial charge in [-0.15, -0.1) is 0 Å². The number of nitrogens with zero attached hydrogens (tertiary/aromatic N) is 4. The average Bonchev–Trinajstić information content (AvgIpc) is 3.56. The summed E-state index contributed by atoms with van der Waals surface area (Å²) in [6, 6.07) is 26.1. The minimum absolute atomic E-state index is 0.0268. The van der Waals surface area contributed by atoms with Gasteiger partial charge < -0.3 is 34.6 Å². The zero-order chi connectivity index (χ0) is 37.5. The van der Waals surface area contributed by atoms with Crippen LogP contribution in [0.25, 0.3) is 0 Å². The molecule has 10 heteroatoms. The minimum atomic E-state index is -0.383. The average molecular weight is 746 g/mol. The molecule has 0 bridgehead atoms. The molecule has 5 aliphatic rings. The molecule has 9 rings (SSSR count). The molecule has 1 amide bonds. The highest BCUT2D eigenvalue weighted by Gasteiger charge is 2.36. The van der Waals surface area contributed by atoms with Crippen LogP contribution in [-0.4, -0.2) is 99.5 Å². The summed E-state index contributed by atoms with van der Waals surface area (Å²) in [4.78, 5) is 22.9. The first-order valence-corrected chi connectivity index (χ1v) is 20.2. The van der Waals surface area contributed by atoms with Crippen molar-refractivity contribution in [1.82, 2.24) is 15.1 Å². The van der Waals surface area contributed by atoms with E-state index in [1.165, 1.54) is 43.0 Å². The number of hydrogen-bond acceptors (Lipinski definition) is 8. The van der Waals surface area contributed by atoms with Crippen molar-refractivity contribution in [2.24, 2.45) is 5.92 Å². The summed E-state index contributed by atoms with van der Waals surface area (Å²) in [5.74, 6) is 1.51. The van der Waals surface area contributed by atoms with Crippen LogP contribution in [0.2, 0.25) is 0 Å². The van der Waals surface area contributed by atoms with Crippen molar-refractivity contribution in [2.75, 3.05) is 82.4 Å². The Morgan fingerprint density at radius 3 is 2.38 bits per heavy atom. The Morgan fingerprint density at radius 1 is 0.855 bits per heavy atom. The summed E-state index contributed by atoms with van der Waals surface area (Å²) in [5.41, 5.74) is 7.68. The number of methoxy groups -OCH3 is 1. The van der Waals surface area contributed by atoms with Crippen molar-refractivity contribution in [3.8, 4) is 17.2 Å². The van der Waals surface area contributed by atoms with Crippen molar-refractivity contribution in [2.45, 2.75) is 50.1 Å². The summed E-state index contributed by atoms with van der Waals surface area (Å²) in [5, 5.41) is 13.6. The Morgan fingerprint density at radius 2 is 1.62 bits per heavy atom. The van der Waals surface area contributed by atoms with E-state index in [0.29, 0.717) is 24.3 Å². The van der Waals surface area contributed by atoms with E-state index >= 15 is 0 Å².